The second kappa shape index (κ2) is 8.06. The quantitative estimate of drug-likeness (QED) is 0.838. The summed E-state index contributed by atoms with van der Waals surface area (Å²) in [4.78, 5) is 15.7. The lowest BCUT2D eigenvalue weighted by Crippen LogP contribution is -2.35. The van der Waals surface area contributed by atoms with E-state index in [2.05, 4.69) is 21.9 Å². The number of amides is 1. The summed E-state index contributed by atoms with van der Waals surface area (Å²) in [5.74, 6) is -0.546. The summed E-state index contributed by atoms with van der Waals surface area (Å²) in [6.45, 7) is 1.95. The average molecular weight is 376 g/mol. The standard InChI is InChI=1S/C20H23ClFN3O/c1-24(16-7-8-17(20(23)26)18(21)11-16)19(14-5-3-2-4-6-14)13-25-10-9-15(22)12-25/h2-8,11,15,19H,9-10,12-13H2,1H3,(H2,23,26)/t15-,19+/m0/s1. The minimum absolute atomic E-state index is 0.0389. The van der Waals surface area contributed by atoms with Crippen molar-refractivity contribution in [3.05, 3.63) is 64.7 Å². The summed E-state index contributed by atoms with van der Waals surface area (Å²) in [6, 6.07) is 15.4. The molecule has 1 aliphatic rings. The summed E-state index contributed by atoms with van der Waals surface area (Å²) < 4.78 is 13.6. The molecule has 6 heteroatoms. The van der Waals surface area contributed by atoms with Crippen molar-refractivity contribution in [1.82, 2.24) is 4.90 Å². The second-order valence-electron chi connectivity index (χ2n) is 6.71. The van der Waals surface area contributed by atoms with Crippen LogP contribution in [-0.4, -0.2) is 43.7 Å². The van der Waals surface area contributed by atoms with Gasteiger partial charge in [-0.3, -0.25) is 9.69 Å². The van der Waals surface area contributed by atoms with Gasteiger partial charge in [0.1, 0.15) is 6.17 Å². The number of carbonyl (C=O) groups is 1. The molecule has 0 spiro atoms. The molecule has 0 bridgehead atoms. The van der Waals surface area contributed by atoms with Crippen LogP contribution >= 0.6 is 11.6 Å². The van der Waals surface area contributed by atoms with Crippen molar-refractivity contribution in [3.8, 4) is 0 Å². The van der Waals surface area contributed by atoms with Crippen LogP contribution in [0, 0.1) is 0 Å². The van der Waals surface area contributed by atoms with E-state index in [1.165, 1.54) is 0 Å². The summed E-state index contributed by atoms with van der Waals surface area (Å²) in [5, 5.41) is 0.332. The first-order valence-electron chi connectivity index (χ1n) is 8.69. The summed E-state index contributed by atoms with van der Waals surface area (Å²) >= 11 is 6.22. The van der Waals surface area contributed by atoms with Gasteiger partial charge in [0.15, 0.2) is 0 Å². The highest BCUT2D eigenvalue weighted by Crippen LogP contribution is 2.30. The normalized spacial score (nSPS) is 18.7. The van der Waals surface area contributed by atoms with Crippen LogP contribution in [0.15, 0.2) is 48.5 Å². The summed E-state index contributed by atoms with van der Waals surface area (Å²) in [7, 11) is 1.98. The maximum absolute atomic E-state index is 13.6. The molecule has 1 fully saturated rings. The zero-order chi connectivity index (χ0) is 18.7. The molecule has 0 radical (unpaired) electrons. The highest BCUT2D eigenvalue weighted by molar-refractivity contribution is 6.34. The van der Waals surface area contributed by atoms with Crippen molar-refractivity contribution < 1.29 is 9.18 Å². The number of nitrogens with zero attached hydrogens (tertiary/aromatic N) is 2. The summed E-state index contributed by atoms with van der Waals surface area (Å²) in [6.07, 6.45) is -0.161. The van der Waals surface area contributed by atoms with Crippen molar-refractivity contribution in [1.29, 1.82) is 0 Å². The third kappa shape index (κ3) is 4.17. The molecule has 0 aromatic heterocycles. The van der Waals surface area contributed by atoms with Gasteiger partial charge in [-0.2, -0.15) is 0 Å². The van der Waals surface area contributed by atoms with E-state index in [0.717, 1.165) is 24.3 Å². The predicted molar refractivity (Wildman–Crippen MR) is 104 cm³/mol. The van der Waals surface area contributed by atoms with E-state index in [4.69, 9.17) is 17.3 Å². The molecule has 2 N–H and O–H groups in total. The first kappa shape index (κ1) is 18.7. The van der Waals surface area contributed by atoms with E-state index < -0.39 is 12.1 Å². The van der Waals surface area contributed by atoms with E-state index in [9.17, 15) is 9.18 Å². The Morgan fingerprint density at radius 1 is 1.35 bits per heavy atom. The number of likely N-dealkylation sites (N-methyl/N-ethyl adjacent to an activating group) is 1. The Morgan fingerprint density at radius 2 is 2.08 bits per heavy atom. The van der Waals surface area contributed by atoms with Crippen LogP contribution in [0.4, 0.5) is 10.1 Å². The summed E-state index contributed by atoms with van der Waals surface area (Å²) in [5.41, 5.74) is 7.67. The van der Waals surface area contributed by atoms with Crippen LogP contribution in [0.2, 0.25) is 5.02 Å². The Balaban J connectivity index is 1.88. The molecule has 2 atom stereocenters. The van der Waals surface area contributed by atoms with Gasteiger partial charge in [-0.15, -0.1) is 0 Å². The molecule has 0 saturated carbocycles. The maximum Gasteiger partial charge on any atom is 0.250 e. The highest BCUT2D eigenvalue weighted by atomic mass is 35.5. The lowest BCUT2D eigenvalue weighted by Gasteiger charge is -2.33. The average Bonchev–Trinajstić information content (AvgIpc) is 3.04. The molecule has 0 unspecified atom stereocenters. The van der Waals surface area contributed by atoms with Gasteiger partial charge in [0.05, 0.1) is 16.6 Å². The number of halogens is 2. The largest absolute Gasteiger partial charge is 0.366 e. The van der Waals surface area contributed by atoms with Crippen molar-refractivity contribution in [2.75, 3.05) is 31.6 Å². The fourth-order valence-electron chi connectivity index (χ4n) is 3.43. The lowest BCUT2D eigenvalue weighted by atomic mass is 10.0. The van der Waals surface area contributed by atoms with Crippen LogP contribution in [0.3, 0.4) is 0 Å². The zero-order valence-corrected chi connectivity index (χ0v) is 15.5. The van der Waals surface area contributed by atoms with Crippen LogP contribution in [0.25, 0.3) is 0 Å². The number of benzene rings is 2. The molecule has 1 aliphatic heterocycles. The van der Waals surface area contributed by atoms with Crippen LogP contribution in [0.5, 0.6) is 0 Å². The fourth-order valence-corrected chi connectivity index (χ4v) is 3.69. The van der Waals surface area contributed by atoms with E-state index in [0.29, 0.717) is 23.6 Å². The van der Waals surface area contributed by atoms with Gasteiger partial charge in [0, 0.05) is 32.4 Å². The molecular formula is C20H23ClFN3O. The van der Waals surface area contributed by atoms with Gasteiger partial charge >= 0.3 is 0 Å². The molecule has 1 saturated heterocycles. The van der Waals surface area contributed by atoms with Crippen molar-refractivity contribution in [3.63, 3.8) is 0 Å². The Labute approximate surface area is 158 Å². The van der Waals surface area contributed by atoms with E-state index >= 15 is 0 Å². The second-order valence-corrected chi connectivity index (χ2v) is 7.12. The molecule has 1 heterocycles. The number of hydrogen-bond acceptors (Lipinski definition) is 3. The smallest absolute Gasteiger partial charge is 0.250 e. The van der Waals surface area contributed by atoms with Crippen LogP contribution in [-0.2, 0) is 0 Å². The Hall–Kier alpha value is -2.11. The number of carbonyl (C=O) groups excluding carboxylic acids is 1. The Bertz CT molecular complexity index is 771. The predicted octanol–water partition coefficient (Wildman–Crippen LogP) is 3.66. The monoisotopic (exact) mass is 375 g/mol. The highest BCUT2D eigenvalue weighted by Gasteiger charge is 2.27. The molecule has 4 nitrogen and oxygen atoms in total. The Morgan fingerprint density at radius 3 is 2.65 bits per heavy atom. The van der Waals surface area contributed by atoms with E-state index in [1.807, 2.05) is 31.3 Å². The number of primary amides is 1. The van der Waals surface area contributed by atoms with E-state index in [-0.39, 0.29) is 6.04 Å². The number of nitrogens with two attached hydrogens (primary N) is 1. The van der Waals surface area contributed by atoms with Gasteiger partial charge in [0.25, 0.3) is 0 Å². The third-order valence-corrected chi connectivity index (χ3v) is 5.24. The van der Waals surface area contributed by atoms with Crippen molar-refractivity contribution >= 4 is 23.2 Å². The van der Waals surface area contributed by atoms with Gasteiger partial charge in [-0.1, -0.05) is 41.9 Å². The molecule has 0 aliphatic carbocycles. The van der Waals surface area contributed by atoms with Crippen LogP contribution in [0.1, 0.15) is 28.4 Å². The molecule has 2 aromatic rings. The molecule has 1 amide bonds. The third-order valence-electron chi connectivity index (χ3n) is 4.92. The number of rotatable bonds is 6. The van der Waals surface area contributed by atoms with Crippen molar-refractivity contribution in [2.24, 2.45) is 5.73 Å². The molecule has 3 rings (SSSR count). The number of anilines is 1. The Kier molecular flexibility index (Phi) is 5.79. The van der Waals surface area contributed by atoms with Crippen LogP contribution < -0.4 is 10.6 Å². The van der Waals surface area contributed by atoms with Gasteiger partial charge in [0.2, 0.25) is 5.91 Å². The number of hydrogen-bond donors (Lipinski definition) is 1. The minimum Gasteiger partial charge on any atom is -0.366 e. The van der Waals surface area contributed by atoms with Gasteiger partial charge in [-0.25, -0.2) is 4.39 Å². The molecule has 26 heavy (non-hydrogen) atoms. The fraction of sp³-hybridized carbons (Fsp3) is 0.350. The molecular weight excluding hydrogens is 353 g/mol. The van der Waals surface area contributed by atoms with Gasteiger partial charge < -0.3 is 10.6 Å². The van der Waals surface area contributed by atoms with Gasteiger partial charge in [-0.05, 0) is 30.2 Å². The topological polar surface area (TPSA) is 49.6 Å². The SMILES string of the molecule is CN(c1ccc(C(N)=O)c(Cl)c1)[C@H](CN1CC[C@H](F)C1)c1ccccc1. The maximum atomic E-state index is 13.6. The first-order chi connectivity index (χ1) is 12.5. The first-order valence-corrected chi connectivity index (χ1v) is 9.07. The lowest BCUT2D eigenvalue weighted by molar-refractivity contribution is 0.100. The number of alkyl halides is 1. The minimum atomic E-state index is -0.749. The zero-order valence-electron chi connectivity index (χ0n) is 14.7. The molecule has 2 aromatic carbocycles. The molecule has 138 valence electrons. The van der Waals surface area contributed by atoms with E-state index in [1.54, 1.807) is 12.1 Å². The van der Waals surface area contributed by atoms with Crippen molar-refractivity contribution in [2.45, 2.75) is 18.6 Å². The number of likely N-dealkylation sites (tertiary alicyclic amines) is 1.